The number of hydrogen-bond donors (Lipinski definition) is 4. The quantitative estimate of drug-likeness (QED) is 0.507. The van der Waals surface area contributed by atoms with E-state index in [2.05, 4.69) is 0 Å². The summed E-state index contributed by atoms with van der Waals surface area (Å²) in [5, 5.41) is 41.6. The first-order valence-electron chi connectivity index (χ1n) is 8.37. The fraction of sp³-hybridized carbons (Fsp3) is 0.250. The molecular formula is C20H16O7. The molecule has 4 rings (SSSR count). The lowest BCUT2D eigenvalue weighted by Crippen LogP contribution is -2.44. The summed E-state index contributed by atoms with van der Waals surface area (Å²) in [5.74, 6) is -2.73. The van der Waals surface area contributed by atoms with Crippen LogP contribution < -0.4 is 0 Å². The van der Waals surface area contributed by atoms with Gasteiger partial charge >= 0.3 is 0 Å². The Labute approximate surface area is 153 Å². The van der Waals surface area contributed by atoms with Gasteiger partial charge in [0.2, 0.25) is 0 Å². The zero-order valence-electron chi connectivity index (χ0n) is 14.3. The van der Waals surface area contributed by atoms with Crippen LogP contribution in [-0.2, 0) is 11.2 Å². The third-order valence-electron chi connectivity index (χ3n) is 5.41. The number of hydrogen-bond acceptors (Lipinski definition) is 7. The molecule has 0 amide bonds. The summed E-state index contributed by atoms with van der Waals surface area (Å²) in [6.45, 7) is 1.19. The van der Waals surface area contributed by atoms with Crippen LogP contribution in [0.1, 0.15) is 62.4 Å². The summed E-state index contributed by atoms with van der Waals surface area (Å²) in [4.78, 5) is 37.5. The molecule has 0 heterocycles. The van der Waals surface area contributed by atoms with E-state index in [1.165, 1.54) is 31.2 Å². The Morgan fingerprint density at radius 2 is 1.78 bits per heavy atom. The van der Waals surface area contributed by atoms with Gasteiger partial charge in [0, 0.05) is 29.5 Å². The predicted octanol–water partition coefficient (Wildman–Crippen LogP) is 1.17. The topological polar surface area (TPSA) is 132 Å². The molecule has 0 aromatic heterocycles. The van der Waals surface area contributed by atoms with E-state index in [0.29, 0.717) is 0 Å². The highest BCUT2D eigenvalue weighted by atomic mass is 16.3. The van der Waals surface area contributed by atoms with Crippen LogP contribution in [0, 0.1) is 0 Å². The first-order chi connectivity index (χ1) is 12.7. The minimum absolute atomic E-state index is 0.0319. The van der Waals surface area contributed by atoms with Crippen molar-refractivity contribution in [2.45, 2.75) is 31.5 Å². The number of carbonyl (C=O) groups excluding carboxylic acids is 3. The van der Waals surface area contributed by atoms with Crippen LogP contribution in [0.25, 0.3) is 0 Å². The standard InChI is InChI=1S/C20H16O7/c1-8(21)20(27)6-9-5-11-16(19(26)14(9)13(23)7-20)17(24)10-3-2-4-12(22)15(10)18(11)25/h2-5,13,22-23,26-27H,6-7H2,1H3. The molecule has 27 heavy (non-hydrogen) atoms. The summed E-state index contributed by atoms with van der Waals surface area (Å²) in [5.41, 5.74) is -2.16. The van der Waals surface area contributed by atoms with Gasteiger partial charge in [-0.05, 0) is 24.6 Å². The van der Waals surface area contributed by atoms with E-state index in [-0.39, 0.29) is 52.0 Å². The van der Waals surface area contributed by atoms with Gasteiger partial charge in [0.05, 0.1) is 17.2 Å². The molecule has 0 aliphatic heterocycles. The number of aliphatic hydroxyl groups is 2. The largest absolute Gasteiger partial charge is 0.507 e. The Kier molecular flexibility index (Phi) is 3.53. The zero-order valence-corrected chi connectivity index (χ0v) is 14.3. The van der Waals surface area contributed by atoms with E-state index in [1.54, 1.807) is 0 Å². The molecule has 2 atom stereocenters. The second kappa shape index (κ2) is 5.48. The third-order valence-corrected chi connectivity index (χ3v) is 5.41. The van der Waals surface area contributed by atoms with Crippen molar-refractivity contribution in [1.29, 1.82) is 0 Å². The molecule has 2 aliphatic carbocycles. The van der Waals surface area contributed by atoms with E-state index < -0.39 is 34.8 Å². The first-order valence-corrected chi connectivity index (χ1v) is 8.37. The first kappa shape index (κ1) is 17.4. The fourth-order valence-electron chi connectivity index (χ4n) is 3.98. The number of fused-ring (bicyclic) bond motifs is 3. The van der Waals surface area contributed by atoms with Crippen LogP contribution in [0.3, 0.4) is 0 Å². The lowest BCUT2D eigenvalue weighted by Gasteiger charge is -2.36. The van der Waals surface area contributed by atoms with Crippen LogP contribution >= 0.6 is 0 Å². The van der Waals surface area contributed by atoms with Crippen molar-refractivity contribution in [1.82, 2.24) is 0 Å². The Morgan fingerprint density at radius 3 is 2.44 bits per heavy atom. The molecule has 2 unspecified atom stereocenters. The molecule has 0 radical (unpaired) electrons. The Bertz CT molecular complexity index is 1050. The van der Waals surface area contributed by atoms with Crippen molar-refractivity contribution in [3.8, 4) is 11.5 Å². The Hall–Kier alpha value is -3.03. The number of carbonyl (C=O) groups is 3. The number of rotatable bonds is 1. The minimum Gasteiger partial charge on any atom is -0.507 e. The number of aliphatic hydroxyl groups excluding tert-OH is 1. The predicted molar refractivity (Wildman–Crippen MR) is 92.0 cm³/mol. The highest BCUT2D eigenvalue weighted by molar-refractivity contribution is 6.30. The van der Waals surface area contributed by atoms with Crippen molar-refractivity contribution < 1.29 is 34.8 Å². The molecule has 2 aliphatic rings. The highest BCUT2D eigenvalue weighted by Crippen LogP contribution is 2.46. The molecular weight excluding hydrogens is 352 g/mol. The second-order valence-electron chi connectivity index (χ2n) is 7.06. The van der Waals surface area contributed by atoms with Gasteiger partial charge in [-0.1, -0.05) is 12.1 Å². The van der Waals surface area contributed by atoms with Gasteiger partial charge in [-0.15, -0.1) is 0 Å². The number of benzene rings is 2. The van der Waals surface area contributed by atoms with Crippen LogP contribution in [0.4, 0.5) is 0 Å². The second-order valence-corrected chi connectivity index (χ2v) is 7.06. The van der Waals surface area contributed by atoms with Crippen LogP contribution in [-0.4, -0.2) is 43.4 Å². The number of aromatic hydroxyl groups is 2. The van der Waals surface area contributed by atoms with Crippen molar-refractivity contribution in [2.24, 2.45) is 0 Å². The van der Waals surface area contributed by atoms with Crippen molar-refractivity contribution >= 4 is 17.3 Å². The molecule has 0 saturated heterocycles. The summed E-state index contributed by atoms with van der Waals surface area (Å²) in [7, 11) is 0. The van der Waals surface area contributed by atoms with Gasteiger partial charge in [0.15, 0.2) is 17.3 Å². The van der Waals surface area contributed by atoms with E-state index in [1.807, 2.05) is 0 Å². The summed E-state index contributed by atoms with van der Waals surface area (Å²) in [6, 6.07) is 5.38. The van der Waals surface area contributed by atoms with E-state index in [4.69, 9.17) is 0 Å². The molecule has 138 valence electrons. The van der Waals surface area contributed by atoms with Crippen molar-refractivity contribution in [2.75, 3.05) is 0 Å². The minimum atomic E-state index is -1.82. The normalized spacial score (nSPS) is 23.4. The molecule has 0 bridgehead atoms. The van der Waals surface area contributed by atoms with Gasteiger partial charge in [-0.2, -0.15) is 0 Å². The maximum Gasteiger partial charge on any atom is 0.198 e. The van der Waals surface area contributed by atoms with Gasteiger partial charge in [-0.3, -0.25) is 14.4 Å². The van der Waals surface area contributed by atoms with Crippen LogP contribution in [0.2, 0.25) is 0 Å². The lowest BCUT2D eigenvalue weighted by atomic mass is 9.73. The molecule has 0 saturated carbocycles. The Morgan fingerprint density at radius 1 is 1.11 bits per heavy atom. The van der Waals surface area contributed by atoms with Crippen LogP contribution in [0.5, 0.6) is 11.5 Å². The van der Waals surface area contributed by atoms with Gasteiger partial charge in [0.25, 0.3) is 0 Å². The zero-order chi connectivity index (χ0) is 19.7. The third kappa shape index (κ3) is 2.25. The number of phenols is 2. The van der Waals surface area contributed by atoms with E-state index in [0.717, 1.165) is 0 Å². The van der Waals surface area contributed by atoms with Crippen molar-refractivity contribution in [3.63, 3.8) is 0 Å². The average Bonchev–Trinajstić information content (AvgIpc) is 2.58. The summed E-state index contributed by atoms with van der Waals surface area (Å²) < 4.78 is 0. The SMILES string of the molecule is CC(=O)C1(O)Cc2cc3c(c(O)c2C(O)C1)C(=O)c1cccc(O)c1C3=O. The van der Waals surface area contributed by atoms with E-state index >= 15 is 0 Å². The smallest absolute Gasteiger partial charge is 0.198 e. The van der Waals surface area contributed by atoms with Gasteiger partial charge in [0.1, 0.15) is 17.1 Å². The number of ketones is 3. The summed E-state index contributed by atoms with van der Waals surface area (Å²) >= 11 is 0. The Balaban J connectivity index is 1.98. The molecule has 2 aromatic carbocycles. The monoisotopic (exact) mass is 368 g/mol. The molecule has 0 spiro atoms. The fourth-order valence-corrected chi connectivity index (χ4v) is 3.98. The average molecular weight is 368 g/mol. The highest BCUT2D eigenvalue weighted by Gasteiger charge is 2.44. The molecule has 7 nitrogen and oxygen atoms in total. The van der Waals surface area contributed by atoms with Gasteiger partial charge < -0.3 is 20.4 Å². The molecule has 4 N–H and O–H groups in total. The van der Waals surface area contributed by atoms with Crippen LogP contribution in [0.15, 0.2) is 24.3 Å². The maximum atomic E-state index is 12.9. The lowest BCUT2D eigenvalue weighted by molar-refractivity contribution is -0.139. The van der Waals surface area contributed by atoms with Gasteiger partial charge in [-0.25, -0.2) is 0 Å². The van der Waals surface area contributed by atoms with Crippen molar-refractivity contribution in [3.05, 3.63) is 57.6 Å². The molecule has 0 fully saturated rings. The number of Topliss-reactive ketones (excluding diaryl/α,β-unsaturated/α-hetero) is 1. The molecule has 7 heteroatoms. The maximum absolute atomic E-state index is 12.9. The summed E-state index contributed by atoms with van der Waals surface area (Å²) in [6.07, 6.45) is -1.90. The molecule has 2 aromatic rings. The number of phenolic OH excluding ortho intramolecular Hbond substituents is 2. The van der Waals surface area contributed by atoms with E-state index in [9.17, 15) is 34.8 Å².